The molecular weight excluding hydrogens is 389 g/mol. The third-order valence-electron chi connectivity index (χ3n) is 3.97. The highest BCUT2D eigenvalue weighted by Crippen LogP contribution is 2.21. The summed E-state index contributed by atoms with van der Waals surface area (Å²) in [4.78, 5) is 11.9. The van der Waals surface area contributed by atoms with E-state index in [4.69, 9.17) is 16.3 Å². The number of allylic oxidation sites excluding steroid dienone is 1. The Hall–Kier alpha value is -3.68. The number of benzene rings is 3. The summed E-state index contributed by atoms with van der Waals surface area (Å²) in [6.07, 6.45) is 4.56. The molecule has 0 bridgehead atoms. The van der Waals surface area contributed by atoms with Crippen LogP contribution in [0.4, 0.5) is 4.39 Å². The van der Waals surface area contributed by atoms with Gasteiger partial charge in [0.25, 0.3) is 0 Å². The third-order valence-corrected chi connectivity index (χ3v) is 4.22. The molecule has 142 valence electrons. The molecule has 3 nitrogen and oxygen atoms in total. The first kappa shape index (κ1) is 20.1. The number of nitriles is 1. The van der Waals surface area contributed by atoms with Gasteiger partial charge in [-0.2, -0.15) is 5.26 Å². The second-order valence-electron chi connectivity index (χ2n) is 6.05. The molecule has 0 aliphatic heterocycles. The van der Waals surface area contributed by atoms with E-state index in [-0.39, 0.29) is 5.82 Å². The maximum atomic E-state index is 12.9. The van der Waals surface area contributed by atoms with Crippen LogP contribution >= 0.6 is 11.6 Å². The van der Waals surface area contributed by atoms with Crippen LogP contribution in [0, 0.1) is 17.1 Å². The number of hydrogen-bond donors (Lipinski definition) is 0. The van der Waals surface area contributed by atoms with E-state index in [0.717, 1.165) is 11.1 Å². The maximum Gasteiger partial charge on any atom is 0.336 e. The number of halogens is 2. The minimum Gasteiger partial charge on any atom is -0.423 e. The lowest BCUT2D eigenvalue weighted by molar-refractivity contribution is -0.128. The van der Waals surface area contributed by atoms with Gasteiger partial charge in [0.05, 0.1) is 11.6 Å². The molecule has 0 heterocycles. The van der Waals surface area contributed by atoms with Gasteiger partial charge in [-0.15, -0.1) is 0 Å². The summed E-state index contributed by atoms with van der Waals surface area (Å²) in [5, 5.41) is 10.0. The van der Waals surface area contributed by atoms with Gasteiger partial charge in [-0.25, -0.2) is 9.18 Å². The van der Waals surface area contributed by atoms with Gasteiger partial charge in [0.15, 0.2) is 0 Å². The standard InChI is InChI=1S/C24H15ClFNO2/c25-21-8-6-19(7-9-21)20(16-27)15-18-3-12-23(13-4-18)29-24(28)14-5-17-1-10-22(26)11-2-17/h1-15H/b14-5+,20-15-. The Morgan fingerprint density at radius 2 is 1.55 bits per heavy atom. The zero-order chi connectivity index (χ0) is 20.6. The van der Waals surface area contributed by atoms with E-state index in [1.807, 2.05) is 0 Å². The van der Waals surface area contributed by atoms with Crippen LogP contribution in [-0.2, 0) is 4.79 Å². The van der Waals surface area contributed by atoms with Crippen molar-refractivity contribution < 1.29 is 13.9 Å². The molecule has 0 spiro atoms. The summed E-state index contributed by atoms with van der Waals surface area (Å²) < 4.78 is 18.1. The molecule has 0 atom stereocenters. The lowest BCUT2D eigenvalue weighted by atomic mass is 10.0. The van der Waals surface area contributed by atoms with Gasteiger partial charge >= 0.3 is 5.97 Å². The Bertz CT molecular complexity index is 1090. The minimum absolute atomic E-state index is 0.338. The molecule has 0 fully saturated rings. The second-order valence-corrected chi connectivity index (χ2v) is 6.49. The number of hydrogen-bond acceptors (Lipinski definition) is 3. The molecule has 3 aromatic rings. The highest BCUT2D eigenvalue weighted by atomic mass is 35.5. The number of ether oxygens (including phenoxy) is 1. The molecule has 0 radical (unpaired) electrons. The molecule has 5 heteroatoms. The molecule has 3 aromatic carbocycles. The topological polar surface area (TPSA) is 50.1 Å². The molecule has 0 aliphatic carbocycles. The van der Waals surface area contributed by atoms with Crippen LogP contribution in [0.15, 0.2) is 78.9 Å². The lowest BCUT2D eigenvalue weighted by Gasteiger charge is -2.03. The minimum atomic E-state index is -0.545. The van der Waals surface area contributed by atoms with Crippen LogP contribution in [-0.4, -0.2) is 5.97 Å². The van der Waals surface area contributed by atoms with Gasteiger partial charge in [0.2, 0.25) is 0 Å². The van der Waals surface area contributed by atoms with E-state index in [1.54, 1.807) is 72.8 Å². The summed E-state index contributed by atoms with van der Waals surface area (Å²) in [6, 6.07) is 21.7. The number of nitrogens with zero attached hydrogens (tertiary/aromatic N) is 1. The Kier molecular flexibility index (Phi) is 6.57. The van der Waals surface area contributed by atoms with Gasteiger partial charge in [-0.3, -0.25) is 0 Å². The van der Waals surface area contributed by atoms with E-state index in [1.165, 1.54) is 18.2 Å². The zero-order valence-corrected chi connectivity index (χ0v) is 15.9. The first-order valence-corrected chi connectivity index (χ1v) is 9.04. The van der Waals surface area contributed by atoms with E-state index >= 15 is 0 Å². The van der Waals surface area contributed by atoms with Crippen molar-refractivity contribution in [1.29, 1.82) is 5.26 Å². The number of carbonyl (C=O) groups is 1. The molecule has 0 saturated carbocycles. The first-order chi connectivity index (χ1) is 14.0. The van der Waals surface area contributed by atoms with Gasteiger partial charge in [0, 0.05) is 11.1 Å². The predicted molar refractivity (Wildman–Crippen MR) is 112 cm³/mol. The Morgan fingerprint density at radius 1 is 0.931 bits per heavy atom. The molecule has 0 saturated heterocycles. The predicted octanol–water partition coefficient (Wildman–Crippen LogP) is 6.16. The molecule has 0 unspecified atom stereocenters. The Morgan fingerprint density at radius 3 is 2.17 bits per heavy atom. The van der Waals surface area contributed by atoms with Crippen molar-refractivity contribution in [2.75, 3.05) is 0 Å². The molecule has 0 aromatic heterocycles. The van der Waals surface area contributed by atoms with Crippen molar-refractivity contribution in [2.24, 2.45) is 0 Å². The van der Waals surface area contributed by atoms with E-state index in [0.29, 0.717) is 21.9 Å². The van der Waals surface area contributed by atoms with Crippen LogP contribution in [0.3, 0.4) is 0 Å². The summed E-state index contributed by atoms with van der Waals surface area (Å²) in [5.41, 5.74) is 2.74. The highest BCUT2D eigenvalue weighted by Gasteiger charge is 2.03. The van der Waals surface area contributed by atoms with Crippen molar-refractivity contribution in [3.05, 3.63) is 106 Å². The Labute approximate surface area is 172 Å². The van der Waals surface area contributed by atoms with Gasteiger partial charge in [0.1, 0.15) is 11.6 Å². The Balaban J connectivity index is 1.66. The smallest absolute Gasteiger partial charge is 0.336 e. The largest absolute Gasteiger partial charge is 0.423 e. The molecule has 3 rings (SSSR count). The zero-order valence-electron chi connectivity index (χ0n) is 15.2. The highest BCUT2D eigenvalue weighted by molar-refractivity contribution is 6.30. The number of esters is 1. The number of rotatable bonds is 5. The van der Waals surface area contributed by atoms with Crippen LogP contribution in [0.2, 0.25) is 5.02 Å². The van der Waals surface area contributed by atoms with Crippen LogP contribution in [0.25, 0.3) is 17.7 Å². The van der Waals surface area contributed by atoms with Crippen molar-refractivity contribution in [3.63, 3.8) is 0 Å². The summed E-state index contributed by atoms with van der Waals surface area (Å²) in [6.45, 7) is 0. The molecule has 29 heavy (non-hydrogen) atoms. The third kappa shape index (κ3) is 5.90. The van der Waals surface area contributed by atoms with Crippen molar-refractivity contribution in [3.8, 4) is 11.8 Å². The molecular formula is C24H15ClFNO2. The monoisotopic (exact) mass is 403 g/mol. The van der Waals surface area contributed by atoms with E-state index < -0.39 is 5.97 Å². The van der Waals surface area contributed by atoms with Crippen molar-refractivity contribution >= 4 is 35.3 Å². The molecule has 0 amide bonds. The van der Waals surface area contributed by atoms with Gasteiger partial charge in [-0.05, 0) is 65.2 Å². The maximum absolute atomic E-state index is 12.9. The quantitative estimate of drug-likeness (QED) is 0.168. The average molecular weight is 404 g/mol. The van der Waals surface area contributed by atoms with Crippen molar-refractivity contribution in [2.45, 2.75) is 0 Å². The van der Waals surface area contributed by atoms with Crippen LogP contribution < -0.4 is 4.74 Å². The normalized spacial score (nSPS) is 11.3. The lowest BCUT2D eigenvalue weighted by Crippen LogP contribution is -2.03. The van der Waals surface area contributed by atoms with E-state index in [9.17, 15) is 14.4 Å². The van der Waals surface area contributed by atoms with Gasteiger partial charge in [-0.1, -0.05) is 48.0 Å². The van der Waals surface area contributed by atoms with Crippen molar-refractivity contribution in [1.82, 2.24) is 0 Å². The number of carbonyl (C=O) groups excluding carboxylic acids is 1. The van der Waals surface area contributed by atoms with Gasteiger partial charge < -0.3 is 4.74 Å². The summed E-state index contributed by atoms with van der Waals surface area (Å²) >= 11 is 5.88. The SMILES string of the molecule is N#C/C(=C/c1ccc(OC(=O)/C=C/c2ccc(F)cc2)cc1)c1ccc(Cl)cc1. The van der Waals surface area contributed by atoms with E-state index in [2.05, 4.69) is 6.07 Å². The van der Waals surface area contributed by atoms with Crippen LogP contribution in [0.5, 0.6) is 5.75 Å². The molecule has 0 N–H and O–H groups in total. The second kappa shape index (κ2) is 9.50. The fraction of sp³-hybridized carbons (Fsp3) is 0. The summed E-state index contributed by atoms with van der Waals surface area (Å²) in [5.74, 6) is -0.508. The first-order valence-electron chi connectivity index (χ1n) is 8.67. The molecule has 0 aliphatic rings. The fourth-order valence-electron chi connectivity index (χ4n) is 2.50. The fourth-order valence-corrected chi connectivity index (χ4v) is 2.62. The summed E-state index contributed by atoms with van der Waals surface area (Å²) in [7, 11) is 0. The average Bonchev–Trinajstić information content (AvgIpc) is 2.73. The van der Waals surface area contributed by atoms with Crippen LogP contribution in [0.1, 0.15) is 16.7 Å².